The summed E-state index contributed by atoms with van der Waals surface area (Å²) in [6.45, 7) is 0. The van der Waals surface area contributed by atoms with Crippen LogP contribution in [0, 0.1) is 5.92 Å². The van der Waals surface area contributed by atoms with Crippen LogP contribution < -0.4 is 20.7 Å². The van der Waals surface area contributed by atoms with Gasteiger partial charge in [0.05, 0.1) is 12.0 Å². The molecule has 0 bridgehead atoms. The summed E-state index contributed by atoms with van der Waals surface area (Å²) in [5.74, 6) is 1.91. The van der Waals surface area contributed by atoms with Crippen molar-refractivity contribution in [3.63, 3.8) is 0 Å². The summed E-state index contributed by atoms with van der Waals surface area (Å²) in [7, 11) is 0. The maximum Gasteiger partial charge on any atom is 0.226 e. The van der Waals surface area contributed by atoms with Crippen molar-refractivity contribution in [3.8, 4) is 5.75 Å². The van der Waals surface area contributed by atoms with Crippen molar-refractivity contribution in [2.75, 3.05) is 5.75 Å². The molecule has 3 aliphatic rings. The van der Waals surface area contributed by atoms with E-state index in [0.29, 0.717) is 23.2 Å². The third kappa shape index (κ3) is 6.53. The van der Waals surface area contributed by atoms with Gasteiger partial charge in [-0.25, -0.2) is 0 Å². The Labute approximate surface area is 193 Å². The summed E-state index contributed by atoms with van der Waals surface area (Å²) in [6, 6.07) is 7.97. The van der Waals surface area contributed by atoms with Gasteiger partial charge in [-0.2, -0.15) is 0 Å². The number of carbonyl (C=O) groups is 2. The molecule has 3 N–H and O–H groups in total. The van der Waals surface area contributed by atoms with Crippen LogP contribution in [0.2, 0.25) is 5.02 Å². The number of amides is 2. The number of hydrogen-bond acceptors (Lipinski definition) is 5. The number of halogens is 1. The molecule has 3 fully saturated rings. The number of thioether (sulfide) groups is 1. The molecule has 170 valence electrons. The van der Waals surface area contributed by atoms with E-state index in [2.05, 4.69) is 16.0 Å². The minimum atomic E-state index is -0.0832. The number of rotatable bonds is 7. The number of carbonyl (C=O) groups excluding carboxylic acids is 2. The van der Waals surface area contributed by atoms with Crippen LogP contribution in [0.4, 0.5) is 0 Å². The van der Waals surface area contributed by atoms with Crippen LogP contribution in [-0.4, -0.2) is 41.3 Å². The summed E-state index contributed by atoms with van der Waals surface area (Å²) in [5, 5.41) is 10.5. The van der Waals surface area contributed by atoms with E-state index in [4.69, 9.17) is 16.3 Å². The molecule has 8 heteroatoms. The molecular formula is C23H32ClN3O3S. The Morgan fingerprint density at radius 2 is 1.84 bits per heavy atom. The highest BCUT2D eigenvalue weighted by Gasteiger charge is 2.37. The Kier molecular flexibility index (Phi) is 8.02. The lowest BCUT2D eigenvalue weighted by molar-refractivity contribution is -0.129. The van der Waals surface area contributed by atoms with Crippen LogP contribution >= 0.6 is 23.4 Å². The fourth-order valence-corrected chi connectivity index (χ4v) is 5.94. The summed E-state index contributed by atoms with van der Waals surface area (Å²) in [6.07, 6.45) is 8.77. The summed E-state index contributed by atoms with van der Waals surface area (Å²) in [5.41, 5.74) is -0.0832. The van der Waals surface area contributed by atoms with Gasteiger partial charge in [0.2, 0.25) is 11.8 Å². The van der Waals surface area contributed by atoms with Crippen LogP contribution in [-0.2, 0) is 9.59 Å². The van der Waals surface area contributed by atoms with Crippen molar-refractivity contribution in [1.82, 2.24) is 16.0 Å². The van der Waals surface area contributed by atoms with Gasteiger partial charge in [-0.05, 0) is 62.8 Å². The third-order valence-corrected chi connectivity index (χ3v) is 7.79. The summed E-state index contributed by atoms with van der Waals surface area (Å²) >= 11 is 7.53. The minimum absolute atomic E-state index is 0.0832. The third-order valence-electron chi connectivity index (χ3n) is 6.51. The average molecular weight is 466 g/mol. The first-order valence-electron chi connectivity index (χ1n) is 11.5. The molecule has 1 heterocycles. The molecule has 2 aliphatic carbocycles. The monoisotopic (exact) mass is 465 g/mol. The standard InChI is InChI=1S/C23H32ClN3O3S/c24-15-5-9-17(10-6-15)30-18-11-7-16(8-12-18)25-21(28)13-14-31-23-26-20-4-2-1-3-19(20)22(29)27-23/h5-6,9-10,16,18-20,23,26H,1-4,7-8,11-14H2,(H,25,28)(H,27,29). The molecule has 6 nitrogen and oxygen atoms in total. The molecule has 0 spiro atoms. The molecule has 0 aromatic heterocycles. The number of nitrogens with one attached hydrogen (secondary N) is 3. The Morgan fingerprint density at radius 1 is 1.10 bits per heavy atom. The smallest absolute Gasteiger partial charge is 0.226 e. The number of ether oxygens (including phenoxy) is 1. The van der Waals surface area contributed by atoms with Crippen LogP contribution in [0.3, 0.4) is 0 Å². The molecule has 3 unspecified atom stereocenters. The first-order chi connectivity index (χ1) is 15.1. The van der Waals surface area contributed by atoms with Crippen molar-refractivity contribution < 1.29 is 14.3 Å². The number of hydrogen-bond donors (Lipinski definition) is 3. The van der Waals surface area contributed by atoms with Crippen molar-refractivity contribution in [2.45, 2.75) is 81.5 Å². The SMILES string of the molecule is O=C(CCSC1NC(=O)C2CCCCC2N1)NC1CCC(Oc2ccc(Cl)cc2)CC1. The fraction of sp³-hybridized carbons (Fsp3) is 0.652. The fourth-order valence-electron chi connectivity index (χ4n) is 4.81. The molecule has 4 rings (SSSR count). The molecule has 1 aromatic carbocycles. The largest absolute Gasteiger partial charge is 0.490 e. The van der Waals surface area contributed by atoms with Gasteiger partial charge in [-0.1, -0.05) is 24.4 Å². The highest BCUT2D eigenvalue weighted by molar-refractivity contribution is 7.99. The van der Waals surface area contributed by atoms with Gasteiger partial charge in [-0.15, -0.1) is 11.8 Å². The second kappa shape index (κ2) is 10.9. The predicted molar refractivity (Wildman–Crippen MR) is 124 cm³/mol. The Morgan fingerprint density at radius 3 is 2.61 bits per heavy atom. The van der Waals surface area contributed by atoms with Crippen LogP contribution in [0.15, 0.2) is 24.3 Å². The highest BCUT2D eigenvalue weighted by atomic mass is 35.5. The zero-order chi connectivity index (χ0) is 21.6. The van der Waals surface area contributed by atoms with Gasteiger partial charge in [0.25, 0.3) is 0 Å². The lowest BCUT2D eigenvalue weighted by Gasteiger charge is -2.39. The molecule has 31 heavy (non-hydrogen) atoms. The summed E-state index contributed by atoms with van der Waals surface area (Å²) < 4.78 is 6.03. The maximum atomic E-state index is 12.4. The summed E-state index contributed by atoms with van der Waals surface area (Å²) in [4.78, 5) is 24.7. The quantitative estimate of drug-likeness (QED) is 0.570. The van der Waals surface area contributed by atoms with Gasteiger partial charge < -0.3 is 15.4 Å². The van der Waals surface area contributed by atoms with Crippen molar-refractivity contribution in [2.24, 2.45) is 5.92 Å². The molecule has 1 saturated heterocycles. The van der Waals surface area contributed by atoms with Gasteiger partial charge in [0, 0.05) is 29.3 Å². The minimum Gasteiger partial charge on any atom is -0.490 e. The molecule has 1 aliphatic heterocycles. The van der Waals surface area contributed by atoms with E-state index in [1.807, 2.05) is 24.3 Å². The molecule has 3 atom stereocenters. The number of fused-ring (bicyclic) bond motifs is 1. The van der Waals surface area contributed by atoms with Gasteiger partial charge in [0.15, 0.2) is 0 Å². The topological polar surface area (TPSA) is 79.5 Å². The Hall–Kier alpha value is -1.44. The van der Waals surface area contributed by atoms with E-state index in [9.17, 15) is 9.59 Å². The van der Waals surface area contributed by atoms with Gasteiger partial charge in [-0.3, -0.25) is 14.9 Å². The van der Waals surface area contributed by atoms with E-state index in [1.165, 1.54) is 6.42 Å². The van der Waals surface area contributed by atoms with Crippen molar-refractivity contribution in [3.05, 3.63) is 29.3 Å². The van der Waals surface area contributed by atoms with Crippen LogP contribution in [0.1, 0.15) is 57.8 Å². The van der Waals surface area contributed by atoms with E-state index < -0.39 is 0 Å². The normalized spacial score (nSPS) is 30.7. The number of benzene rings is 1. The predicted octanol–water partition coefficient (Wildman–Crippen LogP) is 3.83. The van der Waals surface area contributed by atoms with E-state index in [1.54, 1.807) is 11.8 Å². The van der Waals surface area contributed by atoms with Crippen molar-refractivity contribution >= 4 is 35.2 Å². The van der Waals surface area contributed by atoms with E-state index in [0.717, 1.165) is 50.7 Å². The lowest BCUT2D eigenvalue weighted by atomic mass is 9.83. The molecular weight excluding hydrogens is 434 g/mol. The van der Waals surface area contributed by atoms with Gasteiger partial charge >= 0.3 is 0 Å². The van der Waals surface area contributed by atoms with E-state index in [-0.39, 0.29) is 35.4 Å². The molecule has 0 radical (unpaired) electrons. The Balaban J connectivity index is 1.11. The first kappa shape index (κ1) is 22.7. The molecule has 2 amide bonds. The van der Waals surface area contributed by atoms with Crippen LogP contribution in [0.25, 0.3) is 0 Å². The van der Waals surface area contributed by atoms with Gasteiger partial charge in [0.1, 0.15) is 11.2 Å². The maximum absolute atomic E-state index is 12.4. The Bertz CT molecular complexity index is 755. The van der Waals surface area contributed by atoms with E-state index >= 15 is 0 Å². The average Bonchev–Trinajstić information content (AvgIpc) is 2.77. The lowest BCUT2D eigenvalue weighted by Crippen LogP contribution is -2.60. The second-order valence-electron chi connectivity index (χ2n) is 8.79. The second-order valence-corrected chi connectivity index (χ2v) is 10.4. The molecule has 1 aromatic rings. The van der Waals surface area contributed by atoms with Crippen LogP contribution in [0.5, 0.6) is 5.75 Å². The zero-order valence-electron chi connectivity index (χ0n) is 17.8. The first-order valence-corrected chi connectivity index (χ1v) is 12.9. The highest BCUT2D eigenvalue weighted by Crippen LogP contribution is 2.29. The zero-order valence-corrected chi connectivity index (χ0v) is 19.4. The molecule has 2 saturated carbocycles. The van der Waals surface area contributed by atoms with Crippen molar-refractivity contribution in [1.29, 1.82) is 0 Å².